The molecule has 0 saturated carbocycles. The lowest BCUT2D eigenvalue weighted by molar-refractivity contribution is -0.117. The maximum absolute atomic E-state index is 11.9. The Bertz CT molecular complexity index is 908. The Balaban J connectivity index is 1.85. The summed E-state index contributed by atoms with van der Waals surface area (Å²) in [4.78, 5) is 27.0. The first kappa shape index (κ1) is 24.7. The van der Waals surface area contributed by atoms with Crippen molar-refractivity contribution in [3.8, 4) is 5.75 Å². The lowest BCUT2D eigenvalue weighted by atomic mass is 10.1. The van der Waals surface area contributed by atoms with E-state index >= 15 is 0 Å². The van der Waals surface area contributed by atoms with Crippen LogP contribution in [0.25, 0.3) is 0 Å². The zero-order chi connectivity index (χ0) is 23.5. The van der Waals surface area contributed by atoms with Crippen LogP contribution in [0.15, 0.2) is 53.5 Å². The summed E-state index contributed by atoms with van der Waals surface area (Å²) in [6.45, 7) is 7.36. The van der Waals surface area contributed by atoms with Crippen LogP contribution in [0.3, 0.4) is 0 Å². The summed E-state index contributed by atoms with van der Waals surface area (Å²) < 4.78 is 5.74. The second kappa shape index (κ2) is 12.3. The highest BCUT2D eigenvalue weighted by Gasteiger charge is 2.09. The predicted octanol–water partition coefficient (Wildman–Crippen LogP) is 2.36. The number of nitrogens with one attached hydrogen (secondary N) is 3. The summed E-state index contributed by atoms with van der Waals surface area (Å²) in [5.41, 5.74) is 7.61. The van der Waals surface area contributed by atoms with Crippen molar-refractivity contribution in [1.29, 1.82) is 0 Å². The molecule has 1 unspecified atom stereocenters. The van der Waals surface area contributed by atoms with Gasteiger partial charge in [-0.05, 0) is 48.2 Å². The SMILES string of the molecule is CN=C(NCc1ccc(C(=O)NCC(N)=O)cc1)NC(C)c1ccc(OCC(C)C)cc1. The van der Waals surface area contributed by atoms with Crippen LogP contribution in [0.1, 0.15) is 48.3 Å². The Labute approximate surface area is 189 Å². The normalized spacial score (nSPS) is 12.2. The molecular formula is C24H33N5O3. The Kier molecular flexibility index (Phi) is 9.53. The zero-order valence-corrected chi connectivity index (χ0v) is 19.1. The quantitative estimate of drug-likeness (QED) is 0.335. The van der Waals surface area contributed by atoms with Crippen LogP contribution in [0, 0.1) is 5.92 Å². The van der Waals surface area contributed by atoms with Crippen molar-refractivity contribution in [3.63, 3.8) is 0 Å². The highest BCUT2D eigenvalue weighted by Crippen LogP contribution is 2.18. The summed E-state index contributed by atoms with van der Waals surface area (Å²) in [6, 6.07) is 15.2. The fourth-order valence-electron chi connectivity index (χ4n) is 2.83. The van der Waals surface area contributed by atoms with Crippen LogP contribution >= 0.6 is 0 Å². The molecule has 0 saturated heterocycles. The number of benzene rings is 2. The fourth-order valence-corrected chi connectivity index (χ4v) is 2.83. The van der Waals surface area contributed by atoms with E-state index in [1.807, 2.05) is 36.4 Å². The molecule has 5 N–H and O–H groups in total. The largest absolute Gasteiger partial charge is 0.493 e. The topological polar surface area (TPSA) is 118 Å². The molecule has 0 aromatic heterocycles. The fraction of sp³-hybridized carbons (Fsp3) is 0.375. The summed E-state index contributed by atoms with van der Waals surface area (Å²) in [5, 5.41) is 9.11. The van der Waals surface area contributed by atoms with E-state index in [0.29, 0.717) is 30.6 Å². The average Bonchev–Trinajstić information content (AvgIpc) is 2.79. The number of hydrogen-bond donors (Lipinski definition) is 4. The molecule has 0 aliphatic rings. The number of amides is 2. The lowest BCUT2D eigenvalue weighted by Crippen LogP contribution is -2.38. The molecule has 0 radical (unpaired) electrons. The third kappa shape index (κ3) is 8.29. The van der Waals surface area contributed by atoms with E-state index in [0.717, 1.165) is 16.9 Å². The van der Waals surface area contributed by atoms with Crippen molar-refractivity contribution < 1.29 is 14.3 Å². The Morgan fingerprint density at radius 1 is 1.00 bits per heavy atom. The Hall–Kier alpha value is -3.55. The molecule has 1 atom stereocenters. The summed E-state index contributed by atoms with van der Waals surface area (Å²) in [5.74, 6) is 1.10. The van der Waals surface area contributed by atoms with Crippen molar-refractivity contribution >= 4 is 17.8 Å². The summed E-state index contributed by atoms with van der Waals surface area (Å²) >= 11 is 0. The Morgan fingerprint density at radius 2 is 1.66 bits per heavy atom. The molecule has 0 spiro atoms. The molecule has 32 heavy (non-hydrogen) atoms. The minimum Gasteiger partial charge on any atom is -0.493 e. The van der Waals surface area contributed by atoms with Gasteiger partial charge in [0.1, 0.15) is 5.75 Å². The molecule has 0 aliphatic heterocycles. The molecular weight excluding hydrogens is 406 g/mol. The van der Waals surface area contributed by atoms with Gasteiger partial charge in [0.2, 0.25) is 5.91 Å². The van der Waals surface area contributed by atoms with Gasteiger partial charge >= 0.3 is 0 Å². The van der Waals surface area contributed by atoms with Crippen molar-refractivity contribution in [1.82, 2.24) is 16.0 Å². The maximum atomic E-state index is 11.9. The van der Waals surface area contributed by atoms with Crippen LogP contribution in [0.2, 0.25) is 0 Å². The second-order valence-electron chi connectivity index (χ2n) is 7.91. The number of aliphatic imine (C=N–C) groups is 1. The zero-order valence-electron chi connectivity index (χ0n) is 19.1. The number of nitrogens with two attached hydrogens (primary N) is 1. The highest BCUT2D eigenvalue weighted by atomic mass is 16.5. The van der Waals surface area contributed by atoms with Crippen LogP contribution in [0.4, 0.5) is 0 Å². The van der Waals surface area contributed by atoms with Crippen LogP contribution in [0.5, 0.6) is 5.75 Å². The molecule has 8 nitrogen and oxygen atoms in total. The highest BCUT2D eigenvalue weighted by molar-refractivity contribution is 5.96. The first-order valence-electron chi connectivity index (χ1n) is 10.6. The number of hydrogen-bond acceptors (Lipinski definition) is 4. The van der Waals surface area contributed by atoms with E-state index < -0.39 is 5.91 Å². The van der Waals surface area contributed by atoms with Gasteiger partial charge in [-0.15, -0.1) is 0 Å². The van der Waals surface area contributed by atoms with Gasteiger partial charge in [-0.2, -0.15) is 0 Å². The average molecular weight is 440 g/mol. The minimum atomic E-state index is -0.581. The van der Waals surface area contributed by atoms with Crippen LogP contribution < -0.4 is 26.4 Å². The van der Waals surface area contributed by atoms with Gasteiger partial charge < -0.3 is 26.4 Å². The standard InChI is InChI=1S/C24H33N5O3/c1-16(2)15-32-21-11-9-19(10-12-21)17(3)29-24(26-4)28-13-18-5-7-20(8-6-18)23(31)27-14-22(25)30/h5-12,16-17H,13-15H2,1-4H3,(H2,25,30)(H,27,31)(H2,26,28,29). The lowest BCUT2D eigenvalue weighted by Gasteiger charge is -2.19. The van der Waals surface area contributed by atoms with E-state index in [-0.39, 0.29) is 18.5 Å². The van der Waals surface area contributed by atoms with Crippen molar-refractivity contribution in [2.24, 2.45) is 16.6 Å². The minimum absolute atomic E-state index is 0.0525. The first-order chi connectivity index (χ1) is 15.3. The number of nitrogens with zero attached hydrogens (tertiary/aromatic N) is 1. The number of carbonyl (C=O) groups excluding carboxylic acids is 2. The number of guanidine groups is 1. The second-order valence-corrected chi connectivity index (χ2v) is 7.91. The van der Waals surface area contributed by atoms with E-state index in [2.05, 4.69) is 41.7 Å². The van der Waals surface area contributed by atoms with Crippen molar-refractivity contribution in [2.75, 3.05) is 20.2 Å². The number of rotatable bonds is 10. The maximum Gasteiger partial charge on any atom is 0.251 e. The van der Waals surface area contributed by atoms with E-state index in [1.165, 1.54) is 0 Å². The molecule has 172 valence electrons. The number of ether oxygens (including phenoxy) is 1. The molecule has 0 aliphatic carbocycles. The molecule has 0 fully saturated rings. The molecule has 0 bridgehead atoms. The molecule has 2 rings (SSSR count). The first-order valence-corrected chi connectivity index (χ1v) is 10.6. The van der Waals surface area contributed by atoms with Gasteiger partial charge in [0, 0.05) is 19.2 Å². The number of primary amides is 1. The van der Waals surface area contributed by atoms with E-state index in [9.17, 15) is 9.59 Å². The van der Waals surface area contributed by atoms with Crippen molar-refractivity contribution in [2.45, 2.75) is 33.4 Å². The number of carbonyl (C=O) groups is 2. The van der Waals surface area contributed by atoms with Gasteiger partial charge in [0.15, 0.2) is 5.96 Å². The predicted molar refractivity (Wildman–Crippen MR) is 126 cm³/mol. The monoisotopic (exact) mass is 439 g/mol. The molecule has 2 amide bonds. The van der Waals surface area contributed by atoms with Gasteiger partial charge in [0.05, 0.1) is 19.2 Å². The van der Waals surface area contributed by atoms with Crippen molar-refractivity contribution in [3.05, 3.63) is 65.2 Å². The molecule has 2 aromatic rings. The molecule has 2 aromatic carbocycles. The van der Waals surface area contributed by atoms with E-state index in [4.69, 9.17) is 10.5 Å². The molecule has 8 heteroatoms. The third-order valence-corrected chi connectivity index (χ3v) is 4.64. The van der Waals surface area contributed by atoms with Gasteiger partial charge in [0.25, 0.3) is 5.91 Å². The van der Waals surface area contributed by atoms with Gasteiger partial charge in [-0.3, -0.25) is 14.6 Å². The Morgan fingerprint density at radius 3 is 2.22 bits per heavy atom. The smallest absolute Gasteiger partial charge is 0.251 e. The summed E-state index contributed by atoms with van der Waals surface area (Å²) in [7, 11) is 1.72. The third-order valence-electron chi connectivity index (χ3n) is 4.64. The van der Waals surface area contributed by atoms with Gasteiger partial charge in [-0.1, -0.05) is 38.1 Å². The molecule has 0 heterocycles. The van der Waals surface area contributed by atoms with Crippen LogP contribution in [-0.4, -0.2) is 38.0 Å². The van der Waals surface area contributed by atoms with Gasteiger partial charge in [-0.25, -0.2) is 0 Å². The summed E-state index contributed by atoms with van der Waals surface area (Å²) in [6.07, 6.45) is 0. The van der Waals surface area contributed by atoms with Crippen LogP contribution in [-0.2, 0) is 11.3 Å². The van der Waals surface area contributed by atoms with E-state index in [1.54, 1.807) is 19.2 Å².